The third-order valence-electron chi connectivity index (χ3n) is 7.28. The minimum atomic E-state index is -0.866. The molecule has 0 heterocycles. The van der Waals surface area contributed by atoms with Gasteiger partial charge in [0.05, 0.1) is 31.3 Å². The predicted molar refractivity (Wildman–Crippen MR) is 162 cm³/mol. The molecule has 4 N–H and O–H groups in total. The van der Waals surface area contributed by atoms with Crippen LogP contribution in [-0.4, -0.2) is 46.1 Å². The Bertz CT molecular complexity index is 563. The zero-order valence-corrected chi connectivity index (χ0v) is 25.1. The van der Waals surface area contributed by atoms with Crippen LogP contribution in [0.4, 0.5) is 0 Å². The molecule has 5 heteroatoms. The summed E-state index contributed by atoms with van der Waals surface area (Å²) in [7, 11) is 0. The highest BCUT2D eigenvalue weighted by Crippen LogP contribution is 2.14. The number of aliphatic hydroxyl groups excluding tert-OH is 3. The summed E-state index contributed by atoms with van der Waals surface area (Å²) in [4.78, 5) is 12.3. The van der Waals surface area contributed by atoms with E-state index in [4.69, 9.17) is 0 Å². The summed E-state index contributed by atoms with van der Waals surface area (Å²) in [6.45, 7) is 4.18. The maximum atomic E-state index is 12.3. The summed E-state index contributed by atoms with van der Waals surface area (Å²) >= 11 is 0. The highest BCUT2D eigenvalue weighted by Gasteiger charge is 2.21. The van der Waals surface area contributed by atoms with Crippen LogP contribution >= 0.6 is 0 Å². The van der Waals surface area contributed by atoms with E-state index in [1.165, 1.54) is 103 Å². The normalized spacial score (nSPS) is 14.3. The van der Waals surface area contributed by atoms with Crippen LogP contribution in [-0.2, 0) is 4.79 Å². The minimum Gasteiger partial charge on any atom is -0.394 e. The first-order valence-electron chi connectivity index (χ1n) is 16.1. The Balaban J connectivity index is 3.84. The molecule has 0 radical (unpaired) electrons. The van der Waals surface area contributed by atoms with Crippen molar-refractivity contribution in [3.05, 3.63) is 24.3 Å². The van der Waals surface area contributed by atoms with Gasteiger partial charge < -0.3 is 20.6 Å². The molecule has 0 aromatic carbocycles. The van der Waals surface area contributed by atoms with E-state index in [-0.39, 0.29) is 18.9 Å². The molecule has 1 amide bonds. The molecule has 0 aromatic heterocycles. The van der Waals surface area contributed by atoms with Gasteiger partial charge in [0.15, 0.2) is 0 Å². The molecule has 224 valence electrons. The van der Waals surface area contributed by atoms with Gasteiger partial charge in [-0.15, -0.1) is 0 Å². The zero-order valence-electron chi connectivity index (χ0n) is 25.1. The molecule has 3 atom stereocenters. The number of hydrogen-bond donors (Lipinski definition) is 4. The Morgan fingerprint density at radius 3 is 1.71 bits per heavy atom. The monoisotopic (exact) mass is 537 g/mol. The largest absolute Gasteiger partial charge is 0.394 e. The molecule has 0 fully saturated rings. The fourth-order valence-electron chi connectivity index (χ4n) is 4.75. The first-order valence-corrected chi connectivity index (χ1v) is 16.1. The van der Waals surface area contributed by atoms with Crippen molar-refractivity contribution in [2.24, 2.45) is 0 Å². The molecule has 0 aliphatic carbocycles. The molecule has 38 heavy (non-hydrogen) atoms. The van der Waals surface area contributed by atoms with Gasteiger partial charge in [-0.3, -0.25) is 4.79 Å². The van der Waals surface area contributed by atoms with Gasteiger partial charge in [-0.25, -0.2) is 0 Å². The van der Waals surface area contributed by atoms with Crippen molar-refractivity contribution in [3.63, 3.8) is 0 Å². The number of unbranched alkanes of at least 4 members (excludes halogenated alkanes) is 17. The zero-order chi connectivity index (χ0) is 28.1. The smallest absolute Gasteiger partial charge is 0.223 e. The fourth-order valence-corrected chi connectivity index (χ4v) is 4.75. The SMILES string of the molecule is CCCCCCCC/C=C\C/C=C\C(O)CC(=O)NC(CO)C(O)CCCCCCCCCCCCCC. The molecule has 0 aromatic rings. The fraction of sp³-hybridized carbons (Fsp3) is 0.848. The Labute approximate surface area is 235 Å². The van der Waals surface area contributed by atoms with Gasteiger partial charge in [-0.05, 0) is 25.7 Å². The van der Waals surface area contributed by atoms with Crippen LogP contribution < -0.4 is 5.32 Å². The second kappa shape index (κ2) is 28.8. The predicted octanol–water partition coefficient (Wildman–Crippen LogP) is 7.92. The first kappa shape index (κ1) is 36.8. The number of aliphatic hydroxyl groups is 3. The third-order valence-corrected chi connectivity index (χ3v) is 7.28. The Kier molecular flexibility index (Phi) is 27.9. The van der Waals surface area contributed by atoms with E-state index in [0.29, 0.717) is 6.42 Å². The lowest BCUT2D eigenvalue weighted by Gasteiger charge is -2.22. The molecule has 0 saturated carbocycles. The van der Waals surface area contributed by atoms with E-state index in [1.807, 2.05) is 6.08 Å². The van der Waals surface area contributed by atoms with Gasteiger partial charge >= 0.3 is 0 Å². The van der Waals surface area contributed by atoms with Gasteiger partial charge in [0.25, 0.3) is 0 Å². The maximum absolute atomic E-state index is 12.3. The van der Waals surface area contributed by atoms with Gasteiger partial charge in [0, 0.05) is 0 Å². The van der Waals surface area contributed by atoms with Crippen molar-refractivity contribution in [2.75, 3.05) is 6.61 Å². The molecule has 0 saturated heterocycles. The van der Waals surface area contributed by atoms with Crippen molar-refractivity contribution in [1.29, 1.82) is 0 Å². The van der Waals surface area contributed by atoms with E-state index in [1.54, 1.807) is 6.08 Å². The molecule has 0 aliphatic heterocycles. The average Bonchev–Trinajstić information content (AvgIpc) is 2.90. The van der Waals surface area contributed by atoms with E-state index in [9.17, 15) is 20.1 Å². The highest BCUT2D eigenvalue weighted by molar-refractivity contribution is 5.77. The first-order chi connectivity index (χ1) is 18.5. The third kappa shape index (κ3) is 25.1. The van der Waals surface area contributed by atoms with Crippen LogP contribution in [0.2, 0.25) is 0 Å². The van der Waals surface area contributed by atoms with Crippen molar-refractivity contribution in [3.8, 4) is 0 Å². The lowest BCUT2D eigenvalue weighted by atomic mass is 10.0. The summed E-state index contributed by atoms with van der Waals surface area (Å²) in [5.74, 6) is -0.353. The van der Waals surface area contributed by atoms with Crippen LogP contribution in [0.3, 0.4) is 0 Å². The molecular weight excluding hydrogens is 474 g/mol. The number of hydrogen-bond acceptors (Lipinski definition) is 4. The second-order valence-corrected chi connectivity index (χ2v) is 11.1. The summed E-state index contributed by atoms with van der Waals surface area (Å²) in [6.07, 6.45) is 31.4. The molecule has 0 aliphatic rings. The summed E-state index contributed by atoms with van der Waals surface area (Å²) < 4.78 is 0. The number of amides is 1. The highest BCUT2D eigenvalue weighted by atomic mass is 16.3. The van der Waals surface area contributed by atoms with Crippen LogP contribution in [0.15, 0.2) is 24.3 Å². The van der Waals surface area contributed by atoms with Crippen LogP contribution in [0.25, 0.3) is 0 Å². The average molecular weight is 538 g/mol. The Hall–Kier alpha value is -1.17. The van der Waals surface area contributed by atoms with Crippen LogP contribution in [0.5, 0.6) is 0 Å². The van der Waals surface area contributed by atoms with Gasteiger partial charge in [0.1, 0.15) is 0 Å². The number of nitrogens with one attached hydrogen (secondary N) is 1. The lowest BCUT2D eigenvalue weighted by molar-refractivity contribution is -0.124. The Morgan fingerprint density at radius 2 is 1.18 bits per heavy atom. The van der Waals surface area contributed by atoms with Crippen LogP contribution in [0, 0.1) is 0 Å². The number of carbonyl (C=O) groups excluding carboxylic acids is 1. The summed E-state index contributed by atoms with van der Waals surface area (Å²) in [6, 6.07) is -0.684. The lowest BCUT2D eigenvalue weighted by Crippen LogP contribution is -2.46. The molecule has 0 spiro atoms. The topological polar surface area (TPSA) is 89.8 Å². The standard InChI is InChI=1S/C33H63NO4/c1-3-5-7-9-11-13-15-17-19-21-23-25-27-32(37)31(29-35)34-33(38)28-30(36)26-24-22-20-18-16-14-12-10-8-6-4-2/h18,20,24,26,30-32,35-37H,3-17,19,21-23,25,27-29H2,1-2H3,(H,34,38)/b20-18-,26-24-. The van der Waals surface area contributed by atoms with E-state index in [2.05, 4.69) is 31.3 Å². The van der Waals surface area contributed by atoms with Crippen molar-refractivity contribution < 1.29 is 20.1 Å². The molecule has 3 unspecified atom stereocenters. The van der Waals surface area contributed by atoms with Crippen molar-refractivity contribution >= 4 is 5.91 Å². The minimum absolute atomic E-state index is 0.0696. The number of allylic oxidation sites excluding steroid dienone is 3. The Morgan fingerprint density at radius 1 is 0.684 bits per heavy atom. The van der Waals surface area contributed by atoms with E-state index >= 15 is 0 Å². The molecular formula is C33H63NO4. The summed E-state index contributed by atoms with van der Waals surface area (Å²) in [5, 5.41) is 32.8. The van der Waals surface area contributed by atoms with Gasteiger partial charge in [-0.2, -0.15) is 0 Å². The molecule has 0 bridgehead atoms. The van der Waals surface area contributed by atoms with Crippen LogP contribution in [0.1, 0.15) is 155 Å². The van der Waals surface area contributed by atoms with Gasteiger partial charge in [-0.1, -0.05) is 147 Å². The van der Waals surface area contributed by atoms with E-state index < -0.39 is 18.2 Å². The second-order valence-electron chi connectivity index (χ2n) is 11.1. The molecule has 0 rings (SSSR count). The summed E-state index contributed by atoms with van der Waals surface area (Å²) in [5.41, 5.74) is 0. The van der Waals surface area contributed by atoms with E-state index in [0.717, 1.165) is 25.7 Å². The quantitative estimate of drug-likeness (QED) is 0.0603. The number of carbonyl (C=O) groups is 1. The molecule has 5 nitrogen and oxygen atoms in total. The van der Waals surface area contributed by atoms with Crippen molar-refractivity contribution in [1.82, 2.24) is 5.32 Å². The maximum Gasteiger partial charge on any atom is 0.223 e. The number of rotatable bonds is 28. The van der Waals surface area contributed by atoms with Gasteiger partial charge in [0.2, 0.25) is 5.91 Å². The van der Waals surface area contributed by atoms with Crippen molar-refractivity contribution in [2.45, 2.75) is 173 Å².